The van der Waals surface area contributed by atoms with Gasteiger partial charge in [-0.05, 0) is 55.8 Å². The summed E-state index contributed by atoms with van der Waals surface area (Å²) in [6.45, 7) is 0.639. The highest BCUT2D eigenvalue weighted by Gasteiger charge is 2.74. The molecule has 0 aromatic heterocycles. The van der Waals surface area contributed by atoms with Crippen LogP contribution in [0.4, 0.5) is 15.8 Å². The Morgan fingerprint density at radius 2 is 1.94 bits per heavy atom. The maximum absolute atomic E-state index is 13.8. The molecule has 3 saturated heterocycles. The lowest BCUT2D eigenvalue weighted by molar-refractivity contribution is -0.135. The van der Waals surface area contributed by atoms with Gasteiger partial charge in [-0.3, -0.25) is 19.3 Å². The average Bonchev–Trinajstić information content (AvgIpc) is 3.43. The van der Waals surface area contributed by atoms with Crippen LogP contribution in [0.5, 0.6) is 0 Å². The van der Waals surface area contributed by atoms with E-state index >= 15 is 0 Å². The number of nitrogens with zero attached hydrogens (tertiary/aromatic N) is 2. The van der Waals surface area contributed by atoms with Crippen molar-refractivity contribution in [1.82, 2.24) is 4.90 Å². The number of benzene rings is 2. The normalized spacial score (nSPS) is 31.4. The van der Waals surface area contributed by atoms with Crippen LogP contribution in [0.25, 0.3) is 0 Å². The summed E-state index contributed by atoms with van der Waals surface area (Å²) in [4.78, 5) is 44.0. The summed E-state index contributed by atoms with van der Waals surface area (Å²) in [5.41, 5.74) is 0.355. The maximum Gasteiger partial charge on any atom is 0.250 e. The molecule has 3 fully saturated rings. The van der Waals surface area contributed by atoms with Gasteiger partial charge in [0.1, 0.15) is 11.4 Å². The first-order chi connectivity index (χ1) is 14.9. The molecule has 6 rings (SSSR count). The van der Waals surface area contributed by atoms with Gasteiger partial charge in [0.15, 0.2) is 0 Å². The van der Waals surface area contributed by atoms with E-state index in [1.54, 1.807) is 0 Å². The maximum atomic E-state index is 13.8. The van der Waals surface area contributed by atoms with Crippen molar-refractivity contribution in [3.05, 3.63) is 57.3 Å². The van der Waals surface area contributed by atoms with Gasteiger partial charge in [-0.15, -0.1) is 0 Å². The second-order valence-corrected chi connectivity index (χ2v) is 9.75. The van der Waals surface area contributed by atoms with Crippen LogP contribution < -0.4 is 10.2 Å². The minimum absolute atomic E-state index is 0.166. The molecule has 1 spiro atoms. The summed E-state index contributed by atoms with van der Waals surface area (Å²) in [5.74, 6) is -3.21. The first kappa shape index (κ1) is 19.4. The predicted octanol–water partition coefficient (Wildman–Crippen LogP) is 3.67. The van der Waals surface area contributed by atoms with E-state index in [-0.39, 0.29) is 28.6 Å². The molecule has 158 valence electrons. The molecule has 0 saturated carbocycles. The Labute approximate surface area is 190 Å². The quantitative estimate of drug-likeness (QED) is 0.602. The van der Waals surface area contributed by atoms with Gasteiger partial charge >= 0.3 is 0 Å². The van der Waals surface area contributed by atoms with E-state index < -0.39 is 29.1 Å². The highest BCUT2D eigenvalue weighted by atomic mass is 79.9. The second-order valence-electron chi connectivity index (χ2n) is 8.43. The Kier molecular flexibility index (Phi) is 3.99. The summed E-state index contributed by atoms with van der Waals surface area (Å²) < 4.78 is 14.5. The molecule has 0 radical (unpaired) electrons. The van der Waals surface area contributed by atoms with Crippen molar-refractivity contribution in [2.45, 2.75) is 24.4 Å². The predicted molar refractivity (Wildman–Crippen MR) is 115 cm³/mol. The summed E-state index contributed by atoms with van der Waals surface area (Å²) in [6, 6.07) is 9.09. The fraction of sp³-hybridized carbons (Fsp3) is 0.318. The van der Waals surface area contributed by atoms with Crippen molar-refractivity contribution in [2.75, 3.05) is 16.8 Å². The molecular weight excluding hydrogens is 489 g/mol. The molecule has 4 aliphatic rings. The summed E-state index contributed by atoms with van der Waals surface area (Å²) >= 11 is 9.40. The number of nitrogens with one attached hydrogen (secondary N) is 1. The van der Waals surface area contributed by atoms with Crippen LogP contribution in [0, 0.1) is 17.7 Å². The Morgan fingerprint density at radius 1 is 1.13 bits per heavy atom. The van der Waals surface area contributed by atoms with Crippen molar-refractivity contribution < 1.29 is 18.8 Å². The van der Waals surface area contributed by atoms with Crippen LogP contribution in [0.2, 0.25) is 5.02 Å². The lowest BCUT2D eigenvalue weighted by Gasteiger charge is -2.36. The lowest BCUT2D eigenvalue weighted by atomic mass is 9.75. The van der Waals surface area contributed by atoms with Crippen molar-refractivity contribution in [3.63, 3.8) is 0 Å². The number of hydrogen-bond acceptors (Lipinski definition) is 4. The molecule has 3 amide bonds. The number of halogens is 3. The van der Waals surface area contributed by atoms with Crippen LogP contribution >= 0.6 is 27.5 Å². The van der Waals surface area contributed by atoms with Gasteiger partial charge in [0.2, 0.25) is 17.7 Å². The zero-order chi connectivity index (χ0) is 21.7. The Bertz CT molecular complexity index is 1210. The third-order valence-corrected chi connectivity index (χ3v) is 7.90. The van der Waals surface area contributed by atoms with Crippen molar-refractivity contribution in [2.24, 2.45) is 11.8 Å². The smallest absolute Gasteiger partial charge is 0.250 e. The third kappa shape index (κ3) is 2.28. The number of carbonyl (C=O) groups is 3. The average molecular weight is 505 g/mol. The van der Waals surface area contributed by atoms with E-state index in [4.69, 9.17) is 11.6 Å². The number of amides is 3. The number of hydrogen-bond donors (Lipinski definition) is 1. The summed E-state index contributed by atoms with van der Waals surface area (Å²) in [5, 5.41) is 2.77. The first-order valence-electron chi connectivity index (χ1n) is 10.1. The number of fused-ring (bicyclic) bond motifs is 7. The van der Waals surface area contributed by atoms with E-state index in [9.17, 15) is 18.8 Å². The van der Waals surface area contributed by atoms with E-state index in [2.05, 4.69) is 26.1 Å². The molecule has 2 aromatic rings. The summed E-state index contributed by atoms with van der Waals surface area (Å²) in [6.07, 6.45) is 1.58. The van der Waals surface area contributed by atoms with E-state index in [0.29, 0.717) is 17.8 Å². The number of carbonyl (C=O) groups excluding carboxylic acids is 3. The molecule has 0 aliphatic carbocycles. The second kappa shape index (κ2) is 6.37. The van der Waals surface area contributed by atoms with Gasteiger partial charge in [0.05, 0.1) is 22.5 Å². The Balaban J connectivity index is 1.56. The molecular formula is C22H16BrClFN3O3. The standard InChI is InChI=1S/C22H16BrClFN3O3/c23-10-3-6-15-12(8-10)22(21(31)26-15)18-17(16-2-1-7-27(16)22)19(29)28(20(18)30)11-4-5-14(25)13(24)9-11/h3-6,8-9,16-18H,1-2,7H2,(H,26,31)/t16-,17+,18+,22+/m1/s1. The monoisotopic (exact) mass is 503 g/mol. The van der Waals surface area contributed by atoms with Crippen LogP contribution in [-0.4, -0.2) is 35.2 Å². The molecule has 6 nitrogen and oxygen atoms in total. The van der Waals surface area contributed by atoms with Gasteiger partial charge in [-0.25, -0.2) is 9.29 Å². The van der Waals surface area contributed by atoms with Crippen LogP contribution in [0.1, 0.15) is 18.4 Å². The van der Waals surface area contributed by atoms with Gasteiger partial charge in [-0.1, -0.05) is 27.5 Å². The van der Waals surface area contributed by atoms with Crippen LogP contribution in [0.3, 0.4) is 0 Å². The van der Waals surface area contributed by atoms with Crippen molar-refractivity contribution in [3.8, 4) is 0 Å². The first-order valence-corrected chi connectivity index (χ1v) is 11.2. The fourth-order valence-corrected chi connectivity index (χ4v) is 6.59. The van der Waals surface area contributed by atoms with Crippen LogP contribution in [0.15, 0.2) is 40.9 Å². The van der Waals surface area contributed by atoms with Crippen molar-refractivity contribution in [1.29, 1.82) is 0 Å². The minimum atomic E-state index is -1.24. The highest BCUT2D eigenvalue weighted by molar-refractivity contribution is 9.10. The molecule has 4 atom stereocenters. The number of imide groups is 1. The molecule has 4 heterocycles. The zero-order valence-corrected chi connectivity index (χ0v) is 18.4. The van der Waals surface area contributed by atoms with Gasteiger partial charge in [0, 0.05) is 21.8 Å². The zero-order valence-electron chi connectivity index (χ0n) is 16.1. The SMILES string of the molecule is O=C1[C@H]2[C@H]3CCCN3[C@]3(C(=O)Nc4ccc(Br)cc43)[C@@H]2C(=O)N1c1ccc(F)c(Cl)c1. The van der Waals surface area contributed by atoms with Crippen molar-refractivity contribution >= 4 is 56.6 Å². The molecule has 4 aliphatic heterocycles. The Morgan fingerprint density at radius 3 is 2.71 bits per heavy atom. The third-order valence-electron chi connectivity index (χ3n) is 7.12. The van der Waals surface area contributed by atoms with Gasteiger partial charge < -0.3 is 5.32 Å². The Hall–Kier alpha value is -2.29. The molecule has 9 heteroatoms. The topological polar surface area (TPSA) is 69.7 Å². The molecule has 1 N–H and O–H groups in total. The van der Waals surface area contributed by atoms with Gasteiger partial charge in [-0.2, -0.15) is 0 Å². The van der Waals surface area contributed by atoms with E-state index in [0.717, 1.165) is 28.3 Å². The molecule has 2 aromatic carbocycles. The minimum Gasteiger partial charge on any atom is -0.324 e. The largest absolute Gasteiger partial charge is 0.324 e. The number of rotatable bonds is 1. The molecule has 0 unspecified atom stereocenters. The van der Waals surface area contributed by atoms with E-state index in [1.165, 1.54) is 12.1 Å². The van der Waals surface area contributed by atoms with Gasteiger partial charge in [0.25, 0.3) is 0 Å². The molecule has 31 heavy (non-hydrogen) atoms. The highest BCUT2D eigenvalue weighted by Crippen LogP contribution is 2.60. The number of anilines is 2. The molecule has 0 bridgehead atoms. The summed E-state index contributed by atoms with van der Waals surface area (Å²) in [7, 11) is 0. The van der Waals surface area contributed by atoms with Crippen LogP contribution in [-0.2, 0) is 19.9 Å². The fourth-order valence-electron chi connectivity index (χ4n) is 6.05. The van der Waals surface area contributed by atoms with E-state index in [1.807, 2.05) is 18.2 Å². The lowest BCUT2D eigenvalue weighted by Crippen LogP contribution is -2.54.